The smallest absolute Gasteiger partial charge is 0.119 e. The van der Waals surface area contributed by atoms with Gasteiger partial charge in [-0.1, -0.05) is 28.1 Å². The summed E-state index contributed by atoms with van der Waals surface area (Å²) in [6.07, 6.45) is 0. The van der Waals surface area contributed by atoms with Gasteiger partial charge in [0.25, 0.3) is 0 Å². The number of halogens is 1. The van der Waals surface area contributed by atoms with Gasteiger partial charge in [-0.3, -0.25) is 0 Å². The number of ether oxygens (including phenoxy) is 2. The molecule has 0 spiro atoms. The molecule has 0 aliphatic heterocycles. The molecule has 21 heavy (non-hydrogen) atoms. The minimum absolute atomic E-state index is 0.688. The number of hydrogen-bond acceptors (Lipinski definition) is 3. The molecule has 0 fully saturated rings. The molecule has 0 aromatic heterocycles. The highest BCUT2D eigenvalue weighted by atomic mass is 79.9. The van der Waals surface area contributed by atoms with Crippen molar-refractivity contribution in [2.24, 2.45) is 0 Å². The minimum atomic E-state index is 0.688. The summed E-state index contributed by atoms with van der Waals surface area (Å²) in [7, 11) is 1.68. The monoisotopic (exact) mass is 349 g/mol. The lowest BCUT2D eigenvalue weighted by molar-refractivity contribution is 0.340. The maximum absolute atomic E-state index is 5.51. The summed E-state index contributed by atoms with van der Waals surface area (Å²) < 4.78 is 11.8. The van der Waals surface area contributed by atoms with E-state index in [0.717, 1.165) is 29.1 Å². The van der Waals surface area contributed by atoms with Crippen LogP contribution in [0.1, 0.15) is 18.1 Å². The van der Waals surface area contributed by atoms with Crippen LogP contribution in [-0.2, 0) is 13.1 Å². The van der Waals surface area contributed by atoms with E-state index in [1.165, 1.54) is 11.1 Å². The van der Waals surface area contributed by atoms with E-state index in [4.69, 9.17) is 9.47 Å². The molecule has 0 atom stereocenters. The molecule has 0 aliphatic rings. The highest BCUT2D eigenvalue weighted by Gasteiger charge is 2.02. The van der Waals surface area contributed by atoms with Crippen molar-refractivity contribution in [3.8, 4) is 11.5 Å². The van der Waals surface area contributed by atoms with E-state index in [0.29, 0.717) is 6.61 Å². The van der Waals surface area contributed by atoms with E-state index in [1.54, 1.807) is 7.11 Å². The van der Waals surface area contributed by atoms with E-state index >= 15 is 0 Å². The van der Waals surface area contributed by atoms with Crippen LogP contribution in [0.3, 0.4) is 0 Å². The summed E-state index contributed by atoms with van der Waals surface area (Å²) in [4.78, 5) is 0. The summed E-state index contributed by atoms with van der Waals surface area (Å²) in [5.41, 5.74) is 2.38. The topological polar surface area (TPSA) is 30.5 Å². The average molecular weight is 350 g/mol. The number of methoxy groups -OCH3 is 1. The highest BCUT2D eigenvalue weighted by Crippen LogP contribution is 2.22. The van der Waals surface area contributed by atoms with E-state index in [-0.39, 0.29) is 0 Å². The highest BCUT2D eigenvalue weighted by molar-refractivity contribution is 9.10. The Hall–Kier alpha value is -1.52. The van der Waals surface area contributed by atoms with Crippen LogP contribution >= 0.6 is 15.9 Å². The van der Waals surface area contributed by atoms with Crippen molar-refractivity contribution in [2.75, 3.05) is 13.7 Å². The Morgan fingerprint density at radius 2 is 1.90 bits per heavy atom. The van der Waals surface area contributed by atoms with Gasteiger partial charge in [0.15, 0.2) is 0 Å². The van der Waals surface area contributed by atoms with Crippen LogP contribution in [-0.4, -0.2) is 13.7 Å². The van der Waals surface area contributed by atoms with Crippen molar-refractivity contribution in [2.45, 2.75) is 20.0 Å². The lowest BCUT2D eigenvalue weighted by Gasteiger charge is -2.10. The Morgan fingerprint density at radius 3 is 2.67 bits per heavy atom. The SMILES string of the molecule is CCOc1cccc(CNCc2cc(OC)ccc2Br)c1. The van der Waals surface area contributed by atoms with E-state index < -0.39 is 0 Å². The molecule has 0 aliphatic carbocycles. The zero-order valence-electron chi connectivity index (χ0n) is 12.4. The molecule has 3 nitrogen and oxygen atoms in total. The van der Waals surface area contributed by atoms with Crippen LogP contribution in [0.4, 0.5) is 0 Å². The number of hydrogen-bond donors (Lipinski definition) is 1. The van der Waals surface area contributed by atoms with Crippen LogP contribution in [0.15, 0.2) is 46.9 Å². The largest absolute Gasteiger partial charge is 0.497 e. The lowest BCUT2D eigenvalue weighted by Crippen LogP contribution is -2.13. The third-order valence-corrected chi connectivity index (χ3v) is 3.88. The van der Waals surface area contributed by atoms with Crippen LogP contribution < -0.4 is 14.8 Å². The molecule has 0 radical (unpaired) electrons. The van der Waals surface area contributed by atoms with Gasteiger partial charge < -0.3 is 14.8 Å². The molecule has 1 N–H and O–H groups in total. The second kappa shape index (κ2) is 8.05. The van der Waals surface area contributed by atoms with Gasteiger partial charge in [-0.2, -0.15) is 0 Å². The van der Waals surface area contributed by atoms with Crippen molar-refractivity contribution in [3.63, 3.8) is 0 Å². The summed E-state index contributed by atoms with van der Waals surface area (Å²) in [5.74, 6) is 1.78. The summed E-state index contributed by atoms with van der Waals surface area (Å²) in [6.45, 7) is 4.25. The molecule has 4 heteroatoms. The van der Waals surface area contributed by atoms with Crippen molar-refractivity contribution < 1.29 is 9.47 Å². The molecule has 0 saturated heterocycles. The predicted octanol–water partition coefficient (Wildman–Crippen LogP) is 4.15. The zero-order chi connectivity index (χ0) is 15.1. The number of benzene rings is 2. The van der Waals surface area contributed by atoms with Crippen LogP contribution in [0.2, 0.25) is 0 Å². The maximum atomic E-state index is 5.51. The first kappa shape index (κ1) is 15.9. The quantitative estimate of drug-likeness (QED) is 0.814. The molecule has 2 rings (SSSR count). The van der Waals surface area contributed by atoms with Crippen LogP contribution in [0.5, 0.6) is 11.5 Å². The van der Waals surface area contributed by atoms with Crippen molar-refractivity contribution >= 4 is 15.9 Å². The Balaban J connectivity index is 1.93. The molecular weight excluding hydrogens is 330 g/mol. The van der Waals surface area contributed by atoms with Gasteiger partial charge in [0.05, 0.1) is 13.7 Å². The zero-order valence-corrected chi connectivity index (χ0v) is 13.9. The normalized spacial score (nSPS) is 10.4. The fourth-order valence-electron chi connectivity index (χ4n) is 2.07. The van der Waals surface area contributed by atoms with E-state index in [1.807, 2.05) is 37.3 Å². The van der Waals surface area contributed by atoms with Crippen molar-refractivity contribution in [3.05, 3.63) is 58.1 Å². The van der Waals surface area contributed by atoms with Gasteiger partial charge in [0.2, 0.25) is 0 Å². The van der Waals surface area contributed by atoms with Gasteiger partial charge in [-0.05, 0) is 48.4 Å². The number of rotatable bonds is 7. The van der Waals surface area contributed by atoms with Gasteiger partial charge in [0, 0.05) is 17.6 Å². The molecule has 2 aromatic rings. The Bertz CT molecular complexity index is 587. The summed E-state index contributed by atoms with van der Waals surface area (Å²) in [6, 6.07) is 14.1. The third kappa shape index (κ3) is 4.76. The van der Waals surface area contributed by atoms with E-state index in [2.05, 4.69) is 33.4 Å². The number of nitrogens with one attached hydrogen (secondary N) is 1. The molecule has 0 bridgehead atoms. The molecule has 0 unspecified atom stereocenters. The van der Waals surface area contributed by atoms with Crippen molar-refractivity contribution in [1.82, 2.24) is 5.32 Å². The van der Waals surface area contributed by atoms with Crippen LogP contribution in [0.25, 0.3) is 0 Å². The first-order chi connectivity index (χ1) is 10.2. The first-order valence-electron chi connectivity index (χ1n) is 6.97. The third-order valence-electron chi connectivity index (χ3n) is 3.11. The van der Waals surface area contributed by atoms with Gasteiger partial charge >= 0.3 is 0 Å². The van der Waals surface area contributed by atoms with Gasteiger partial charge in [0.1, 0.15) is 11.5 Å². The summed E-state index contributed by atoms with van der Waals surface area (Å²) >= 11 is 3.56. The Morgan fingerprint density at radius 1 is 1.05 bits per heavy atom. The molecular formula is C17H20BrNO2. The van der Waals surface area contributed by atoms with Crippen molar-refractivity contribution in [1.29, 1.82) is 0 Å². The summed E-state index contributed by atoms with van der Waals surface area (Å²) in [5, 5.41) is 3.44. The molecule has 0 amide bonds. The van der Waals surface area contributed by atoms with Gasteiger partial charge in [-0.15, -0.1) is 0 Å². The fourth-order valence-corrected chi connectivity index (χ4v) is 2.45. The lowest BCUT2D eigenvalue weighted by atomic mass is 10.2. The molecule has 2 aromatic carbocycles. The molecule has 112 valence electrons. The second-order valence-electron chi connectivity index (χ2n) is 4.64. The maximum Gasteiger partial charge on any atom is 0.119 e. The minimum Gasteiger partial charge on any atom is -0.497 e. The molecule has 0 saturated carbocycles. The fraction of sp³-hybridized carbons (Fsp3) is 0.294. The van der Waals surface area contributed by atoms with E-state index in [9.17, 15) is 0 Å². The second-order valence-corrected chi connectivity index (χ2v) is 5.50. The molecule has 0 heterocycles. The standard InChI is InChI=1S/C17H20BrNO2/c1-3-21-16-6-4-5-13(9-16)11-19-12-14-10-15(20-2)7-8-17(14)18/h4-10,19H,3,11-12H2,1-2H3. The predicted molar refractivity (Wildman–Crippen MR) is 88.8 cm³/mol. The Labute approximate surface area is 134 Å². The van der Waals surface area contributed by atoms with Crippen LogP contribution in [0, 0.1) is 0 Å². The average Bonchev–Trinajstić information content (AvgIpc) is 2.50. The Kier molecular flexibility index (Phi) is 6.08. The van der Waals surface area contributed by atoms with Gasteiger partial charge in [-0.25, -0.2) is 0 Å². The first-order valence-corrected chi connectivity index (χ1v) is 7.77.